The lowest BCUT2D eigenvalue weighted by Crippen LogP contribution is -2.47. The van der Waals surface area contributed by atoms with E-state index in [1.807, 2.05) is 6.07 Å². The Balaban J connectivity index is 2.13. The fraction of sp³-hybridized carbons (Fsp3) is 0.250. The average molecular weight is 313 g/mol. The van der Waals surface area contributed by atoms with E-state index < -0.39 is 11.7 Å². The molecule has 21 heavy (non-hydrogen) atoms. The monoisotopic (exact) mass is 313 g/mol. The van der Waals surface area contributed by atoms with Gasteiger partial charge in [-0.05, 0) is 6.92 Å². The van der Waals surface area contributed by atoms with Gasteiger partial charge in [-0.3, -0.25) is 0 Å². The highest BCUT2D eigenvalue weighted by molar-refractivity contribution is 7.16. The van der Waals surface area contributed by atoms with E-state index in [9.17, 15) is 13.2 Å². The molecule has 0 fully saturated rings. The number of halogens is 3. The number of rotatable bonds is 2. The summed E-state index contributed by atoms with van der Waals surface area (Å²) in [6.45, 7) is 0.890. The lowest BCUT2D eigenvalue weighted by atomic mass is 10.1. The fourth-order valence-electron chi connectivity index (χ4n) is 1.72. The maximum atomic E-state index is 13.0. The van der Waals surface area contributed by atoms with E-state index in [4.69, 9.17) is 5.73 Å². The van der Waals surface area contributed by atoms with Crippen LogP contribution in [0.3, 0.4) is 0 Å². The predicted molar refractivity (Wildman–Crippen MR) is 71.7 cm³/mol. The van der Waals surface area contributed by atoms with Crippen LogP contribution in [0.2, 0.25) is 0 Å². The zero-order valence-corrected chi connectivity index (χ0v) is 11.6. The predicted octanol–water partition coefficient (Wildman–Crippen LogP) is 2.59. The second kappa shape index (κ2) is 4.50. The van der Waals surface area contributed by atoms with Crippen molar-refractivity contribution in [3.63, 3.8) is 0 Å². The molecule has 110 valence electrons. The van der Waals surface area contributed by atoms with Gasteiger partial charge in [0.25, 0.3) is 0 Å². The molecule has 0 bridgehead atoms. The van der Waals surface area contributed by atoms with Gasteiger partial charge in [0.15, 0.2) is 11.4 Å². The minimum atomic E-state index is -4.59. The summed E-state index contributed by atoms with van der Waals surface area (Å²) in [7, 11) is 0. The number of alkyl halides is 3. The van der Waals surface area contributed by atoms with Gasteiger partial charge >= 0.3 is 6.18 Å². The first-order valence-corrected chi connectivity index (χ1v) is 6.76. The second-order valence-electron chi connectivity index (χ2n) is 4.69. The summed E-state index contributed by atoms with van der Waals surface area (Å²) >= 11 is 0.780. The minimum Gasteiger partial charge on any atom is -0.312 e. The molecule has 0 saturated heterocycles. The Hall–Kier alpha value is -2.00. The number of fused-ring (bicyclic) bond motifs is 1. The summed E-state index contributed by atoms with van der Waals surface area (Å²) in [5, 5.41) is 11.5. The van der Waals surface area contributed by atoms with Crippen molar-refractivity contribution < 1.29 is 13.2 Å². The van der Waals surface area contributed by atoms with Crippen molar-refractivity contribution in [2.24, 2.45) is 5.73 Å². The molecule has 1 unspecified atom stereocenters. The summed E-state index contributed by atoms with van der Waals surface area (Å²) in [6, 6.07) is 8.98. The highest BCUT2D eigenvalue weighted by atomic mass is 32.1. The maximum Gasteiger partial charge on any atom is 0.412 e. The molecular weight excluding hydrogens is 303 g/mol. The SMILES string of the molecule is CC(N)(c1nn2c(-c3ccccc3)nnc2s1)C(F)(F)F. The van der Waals surface area contributed by atoms with Crippen molar-refractivity contribution in [2.45, 2.75) is 18.6 Å². The van der Waals surface area contributed by atoms with E-state index in [0.29, 0.717) is 11.4 Å². The summed E-state index contributed by atoms with van der Waals surface area (Å²) in [5.41, 5.74) is 3.58. The Morgan fingerprint density at radius 2 is 1.81 bits per heavy atom. The molecule has 0 saturated carbocycles. The molecule has 2 aromatic heterocycles. The quantitative estimate of drug-likeness (QED) is 0.789. The zero-order valence-electron chi connectivity index (χ0n) is 10.8. The third-order valence-corrected chi connectivity index (χ3v) is 4.19. The summed E-state index contributed by atoms with van der Waals surface area (Å²) < 4.78 is 40.2. The van der Waals surface area contributed by atoms with E-state index in [0.717, 1.165) is 18.3 Å². The van der Waals surface area contributed by atoms with Gasteiger partial charge in [-0.1, -0.05) is 41.7 Å². The van der Waals surface area contributed by atoms with Crippen molar-refractivity contribution in [1.82, 2.24) is 19.8 Å². The molecule has 0 aliphatic rings. The van der Waals surface area contributed by atoms with Crippen LogP contribution in [-0.4, -0.2) is 26.0 Å². The van der Waals surface area contributed by atoms with Crippen LogP contribution in [0.4, 0.5) is 13.2 Å². The highest BCUT2D eigenvalue weighted by Gasteiger charge is 2.52. The lowest BCUT2D eigenvalue weighted by molar-refractivity contribution is -0.184. The third kappa shape index (κ3) is 2.18. The molecule has 0 amide bonds. The van der Waals surface area contributed by atoms with Crippen molar-refractivity contribution in [3.8, 4) is 11.4 Å². The smallest absolute Gasteiger partial charge is 0.312 e. The highest BCUT2D eigenvalue weighted by Crippen LogP contribution is 2.38. The molecule has 0 radical (unpaired) electrons. The van der Waals surface area contributed by atoms with Crippen LogP contribution in [0, 0.1) is 0 Å². The van der Waals surface area contributed by atoms with Gasteiger partial charge < -0.3 is 5.73 Å². The van der Waals surface area contributed by atoms with Gasteiger partial charge in [0.1, 0.15) is 5.01 Å². The van der Waals surface area contributed by atoms with Gasteiger partial charge in [-0.15, -0.1) is 10.2 Å². The molecule has 2 N–H and O–H groups in total. The molecule has 0 aliphatic heterocycles. The number of nitrogens with zero attached hydrogens (tertiary/aromatic N) is 4. The van der Waals surface area contributed by atoms with Crippen LogP contribution in [0.5, 0.6) is 0 Å². The number of hydrogen-bond donors (Lipinski definition) is 1. The molecule has 2 heterocycles. The summed E-state index contributed by atoms with van der Waals surface area (Å²) in [5.74, 6) is 0.381. The largest absolute Gasteiger partial charge is 0.412 e. The Morgan fingerprint density at radius 3 is 2.43 bits per heavy atom. The molecule has 3 rings (SSSR count). The zero-order chi connectivity index (χ0) is 15.3. The Morgan fingerprint density at radius 1 is 1.14 bits per heavy atom. The molecular formula is C12H10F3N5S. The topological polar surface area (TPSA) is 69.1 Å². The van der Waals surface area contributed by atoms with Crippen LogP contribution in [-0.2, 0) is 5.54 Å². The number of nitrogens with two attached hydrogens (primary N) is 1. The first kappa shape index (κ1) is 14.0. The van der Waals surface area contributed by atoms with E-state index in [1.54, 1.807) is 24.3 Å². The first-order chi connectivity index (χ1) is 9.80. The minimum absolute atomic E-state index is 0.253. The number of benzene rings is 1. The first-order valence-electron chi connectivity index (χ1n) is 5.94. The van der Waals surface area contributed by atoms with Gasteiger partial charge in [-0.2, -0.15) is 22.8 Å². The molecule has 1 atom stereocenters. The summed E-state index contributed by atoms with van der Waals surface area (Å²) in [6.07, 6.45) is -4.59. The van der Waals surface area contributed by atoms with Crippen LogP contribution in [0.25, 0.3) is 16.3 Å². The summed E-state index contributed by atoms with van der Waals surface area (Å²) in [4.78, 5) is 0.268. The molecule has 3 aromatic rings. The fourth-order valence-corrected chi connectivity index (χ4v) is 2.63. The van der Waals surface area contributed by atoms with Crippen LogP contribution >= 0.6 is 11.3 Å². The van der Waals surface area contributed by atoms with E-state index >= 15 is 0 Å². The number of hydrogen-bond acceptors (Lipinski definition) is 5. The van der Waals surface area contributed by atoms with Gasteiger partial charge in [-0.25, -0.2) is 0 Å². The maximum absolute atomic E-state index is 13.0. The molecule has 0 aliphatic carbocycles. The van der Waals surface area contributed by atoms with E-state index in [1.165, 1.54) is 4.52 Å². The van der Waals surface area contributed by atoms with E-state index in [-0.39, 0.29) is 9.97 Å². The van der Waals surface area contributed by atoms with Gasteiger partial charge in [0.05, 0.1) is 0 Å². The van der Waals surface area contributed by atoms with Gasteiger partial charge in [0, 0.05) is 5.56 Å². The van der Waals surface area contributed by atoms with Crippen LogP contribution in [0.15, 0.2) is 30.3 Å². The normalized spacial score (nSPS) is 15.3. The van der Waals surface area contributed by atoms with Crippen LogP contribution in [0.1, 0.15) is 11.9 Å². The Bertz CT molecular complexity index is 775. The number of aromatic nitrogens is 4. The Kier molecular flexibility index (Phi) is 2.99. The molecule has 5 nitrogen and oxygen atoms in total. The standard InChI is InChI=1S/C12H10F3N5S/c1-11(16,12(13,14)15)9-19-20-8(17-18-10(20)21-9)7-5-3-2-4-6-7/h2-6H,16H2,1H3. The molecule has 0 spiro atoms. The third-order valence-electron chi connectivity index (χ3n) is 3.06. The van der Waals surface area contributed by atoms with Crippen molar-refractivity contribution in [2.75, 3.05) is 0 Å². The molecule has 9 heteroatoms. The lowest BCUT2D eigenvalue weighted by Gasteiger charge is -2.24. The second-order valence-corrected chi connectivity index (χ2v) is 5.65. The van der Waals surface area contributed by atoms with Gasteiger partial charge in [0.2, 0.25) is 4.96 Å². The van der Waals surface area contributed by atoms with Crippen molar-refractivity contribution in [1.29, 1.82) is 0 Å². The molecule has 1 aromatic carbocycles. The van der Waals surface area contributed by atoms with Crippen LogP contribution < -0.4 is 5.73 Å². The Labute approximate surface area is 121 Å². The van der Waals surface area contributed by atoms with Crippen molar-refractivity contribution >= 4 is 16.3 Å². The average Bonchev–Trinajstić information content (AvgIpc) is 2.98. The van der Waals surface area contributed by atoms with Crippen molar-refractivity contribution in [3.05, 3.63) is 35.3 Å². The van der Waals surface area contributed by atoms with E-state index in [2.05, 4.69) is 15.3 Å².